The highest BCUT2D eigenvalue weighted by Crippen LogP contribution is 2.41. The van der Waals surface area contributed by atoms with Gasteiger partial charge in [0.2, 0.25) is 5.91 Å². The molecule has 3 N–H and O–H groups in total. The number of thioether (sulfide) groups is 1. The highest BCUT2D eigenvalue weighted by molar-refractivity contribution is 8.00. The summed E-state index contributed by atoms with van der Waals surface area (Å²) < 4.78 is 21.9. The van der Waals surface area contributed by atoms with E-state index in [4.69, 9.17) is 18.9 Å². The van der Waals surface area contributed by atoms with Gasteiger partial charge in [0.1, 0.15) is 33.0 Å². The Labute approximate surface area is 368 Å². The molecule has 4 amide bonds. The Bertz CT molecular complexity index is 2460. The zero-order valence-corrected chi connectivity index (χ0v) is 36.9. The van der Waals surface area contributed by atoms with Gasteiger partial charge in [0.25, 0.3) is 11.8 Å². The molecule has 15 heteroatoms. The van der Waals surface area contributed by atoms with Gasteiger partial charge in [-0.05, 0) is 93.8 Å². The van der Waals surface area contributed by atoms with Crippen molar-refractivity contribution >= 4 is 69.6 Å². The molecule has 4 aromatic carbocycles. The third-order valence-corrected chi connectivity index (χ3v) is 11.8. The number of methoxy groups -OCH3 is 2. The maximum Gasteiger partial charge on any atom is 0.410 e. The van der Waals surface area contributed by atoms with E-state index in [-0.39, 0.29) is 24.4 Å². The monoisotopic (exact) mass is 876 g/mol. The number of rotatable bonds is 14. The van der Waals surface area contributed by atoms with E-state index in [9.17, 15) is 24.0 Å². The molecule has 1 aromatic heterocycles. The Kier molecular flexibility index (Phi) is 14.7. The number of nitrogens with zero attached hydrogens (tertiary/aromatic N) is 1. The Hall–Kier alpha value is -6.58. The molecule has 13 nitrogen and oxygen atoms in total. The first-order chi connectivity index (χ1) is 29.8. The van der Waals surface area contributed by atoms with Gasteiger partial charge < -0.3 is 39.8 Å². The standard InChI is InChI=1S/C47H48N4O9S2/c1-7-59-45(55)39-35-23-24-51(46(56)60-47(2,3)4)28-38(35)62-44(39)50-43(54)40(29-15-10-8-11-16-29)61-34-20-14-19-32(26-34)48-42(53)36(49-41(52)30-17-12-9-13-18-30)25-31-21-22-33(57-5)27-37(31)58-6/h8-22,25-27,40H,7,23-24,28H2,1-6H3,(H,48,53)(H,49,52)(H,50,54)/b36-25+. The molecule has 1 atom stereocenters. The van der Waals surface area contributed by atoms with Gasteiger partial charge in [-0.3, -0.25) is 14.4 Å². The van der Waals surface area contributed by atoms with Crippen LogP contribution in [0.2, 0.25) is 0 Å². The van der Waals surface area contributed by atoms with Crippen LogP contribution in [0.25, 0.3) is 6.08 Å². The fourth-order valence-electron chi connectivity index (χ4n) is 6.49. The van der Waals surface area contributed by atoms with Gasteiger partial charge >= 0.3 is 12.1 Å². The minimum atomic E-state index is -0.808. The predicted molar refractivity (Wildman–Crippen MR) is 241 cm³/mol. The van der Waals surface area contributed by atoms with Crippen LogP contribution in [0.4, 0.5) is 15.5 Å². The number of esters is 1. The number of benzene rings is 4. The largest absolute Gasteiger partial charge is 0.497 e. The van der Waals surface area contributed by atoms with Crippen LogP contribution in [0.5, 0.6) is 11.5 Å². The zero-order valence-electron chi connectivity index (χ0n) is 35.2. The lowest BCUT2D eigenvalue weighted by Crippen LogP contribution is -2.39. The number of amides is 4. The number of nitrogens with one attached hydrogen (secondary N) is 3. The van der Waals surface area contributed by atoms with Gasteiger partial charge in [0, 0.05) is 39.2 Å². The van der Waals surface area contributed by atoms with Crippen molar-refractivity contribution in [2.24, 2.45) is 0 Å². The summed E-state index contributed by atoms with van der Waals surface area (Å²) in [6, 6.07) is 29.8. The van der Waals surface area contributed by atoms with Gasteiger partial charge in [-0.15, -0.1) is 23.1 Å². The zero-order chi connectivity index (χ0) is 44.4. The third kappa shape index (κ3) is 11.4. The number of carbonyl (C=O) groups is 5. The van der Waals surface area contributed by atoms with Gasteiger partial charge in [0.15, 0.2) is 0 Å². The first kappa shape index (κ1) is 45.0. The lowest BCUT2D eigenvalue weighted by molar-refractivity contribution is -0.116. The predicted octanol–water partition coefficient (Wildman–Crippen LogP) is 9.12. The molecule has 0 saturated heterocycles. The molecule has 0 saturated carbocycles. The van der Waals surface area contributed by atoms with Crippen molar-refractivity contribution in [1.82, 2.24) is 10.2 Å². The van der Waals surface area contributed by atoms with Gasteiger partial charge in [0.05, 0.1) is 32.9 Å². The van der Waals surface area contributed by atoms with E-state index in [1.54, 1.807) is 99.3 Å². The SMILES string of the molecule is CCOC(=O)c1c(NC(=O)C(Sc2cccc(NC(=O)/C(=C\c3ccc(OC)cc3OC)NC(=O)c3ccccc3)c2)c2ccccc2)sc2c1CCN(C(=O)OC(C)(C)C)C2. The molecule has 322 valence electrons. The number of thiophene rings is 1. The first-order valence-corrected chi connectivity index (χ1v) is 21.5. The van der Waals surface area contributed by atoms with Gasteiger partial charge in [-0.2, -0.15) is 0 Å². The Morgan fingerprint density at radius 2 is 1.60 bits per heavy atom. The lowest BCUT2D eigenvalue weighted by atomic mass is 10.0. The third-order valence-electron chi connectivity index (χ3n) is 9.38. The first-order valence-electron chi connectivity index (χ1n) is 19.8. The molecule has 1 unspecified atom stereocenters. The molecule has 0 spiro atoms. The van der Waals surface area contributed by atoms with Crippen LogP contribution in [-0.4, -0.2) is 67.7 Å². The topological polar surface area (TPSA) is 162 Å². The lowest BCUT2D eigenvalue weighted by Gasteiger charge is -2.30. The van der Waals surface area contributed by atoms with Crippen molar-refractivity contribution in [3.63, 3.8) is 0 Å². The van der Waals surface area contributed by atoms with Crippen LogP contribution in [0.1, 0.15) is 75.2 Å². The highest BCUT2D eigenvalue weighted by atomic mass is 32.2. The summed E-state index contributed by atoms with van der Waals surface area (Å²) in [7, 11) is 3.03. The number of hydrogen-bond acceptors (Lipinski definition) is 11. The van der Waals surface area contributed by atoms with E-state index in [1.165, 1.54) is 43.4 Å². The molecule has 1 aliphatic heterocycles. The second kappa shape index (κ2) is 20.3. The minimum Gasteiger partial charge on any atom is -0.497 e. The summed E-state index contributed by atoms with van der Waals surface area (Å²) in [4.78, 5) is 71.2. The number of fused-ring (bicyclic) bond motifs is 1. The van der Waals surface area contributed by atoms with Crippen LogP contribution in [0.3, 0.4) is 0 Å². The van der Waals surface area contributed by atoms with E-state index >= 15 is 0 Å². The number of ether oxygens (including phenoxy) is 4. The fourth-order valence-corrected chi connectivity index (χ4v) is 8.83. The Balaban J connectivity index is 1.27. The number of carbonyl (C=O) groups excluding carboxylic acids is 5. The van der Waals surface area contributed by atoms with Crippen LogP contribution < -0.4 is 25.4 Å². The van der Waals surface area contributed by atoms with Crippen molar-refractivity contribution < 1.29 is 42.9 Å². The summed E-state index contributed by atoms with van der Waals surface area (Å²) in [5.74, 6) is -1.07. The van der Waals surface area contributed by atoms with E-state index in [0.717, 1.165) is 10.4 Å². The summed E-state index contributed by atoms with van der Waals surface area (Å²) in [5, 5.41) is 8.20. The Morgan fingerprint density at radius 3 is 2.27 bits per heavy atom. The molecular weight excluding hydrogens is 829 g/mol. The van der Waals surface area contributed by atoms with Gasteiger partial charge in [-0.25, -0.2) is 9.59 Å². The smallest absolute Gasteiger partial charge is 0.410 e. The van der Waals surface area contributed by atoms with E-state index < -0.39 is 40.6 Å². The van der Waals surface area contributed by atoms with Crippen molar-refractivity contribution in [3.05, 3.63) is 142 Å². The quantitative estimate of drug-likeness (QED) is 0.0558. The minimum absolute atomic E-state index is 0.0489. The average molecular weight is 877 g/mol. The van der Waals surface area contributed by atoms with E-state index in [1.807, 2.05) is 36.4 Å². The van der Waals surface area contributed by atoms with Gasteiger partial charge in [-0.1, -0.05) is 54.6 Å². The average Bonchev–Trinajstić information content (AvgIpc) is 3.62. The molecular formula is C47H48N4O9S2. The fraction of sp³-hybridized carbons (Fsp3) is 0.255. The molecule has 5 aromatic rings. The summed E-state index contributed by atoms with van der Waals surface area (Å²) in [6.07, 6.45) is 1.44. The van der Waals surface area contributed by atoms with Crippen molar-refractivity contribution in [3.8, 4) is 11.5 Å². The van der Waals surface area contributed by atoms with Crippen LogP contribution in [0.15, 0.2) is 114 Å². The molecule has 0 fully saturated rings. The van der Waals surface area contributed by atoms with E-state index in [2.05, 4.69) is 16.0 Å². The van der Waals surface area contributed by atoms with Crippen molar-refractivity contribution in [2.75, 3.05) is 38.0 Å². The summed E-state index contributed by atoms with van der Waals surface area (Å²) >= 11 is 2.48. The normalized spacial score (nSPS) is 12.9. The molecule has 62 heavy (non-hydrogen) atoms. The van der Waals surface area contributed by atoms with Crippen molar-refractivity contribution in [1.29, 1.82) is 0 Å². The highest BCUT2D eigenvalue weighted by Gasteiger charge is 2.34. The molecule has 0 aliphatic carbocycles. The maximum atomic E-state index is 14.4. The summed E-state index contributed by atoms with van der Waals surface area (Å²) in [5.41, 5.74) is 2.26. The molecule has 0 bridgehead atoms. The maximum absolute atomic E-state index is 14.4. The molecule has 2 heterocycles. The Morgan fingerprint density at radius 1 is 0.871 bits per heavy atom. The number of anilines is 2. The molecule has 6 rings (SSSR count). The van der Waals surface area contributed by atoms with Crippen LogP contribution in [0, 0.1) is 0 Å². The molecule has 1 aliphatic rings. The van der Waals surface area contributed by atoms with Crippen molar-refractivity contribution in [2.45, 2.75) is 56.4 Å². The second-order valence-electron chi connectivity index (χ2n) is 14.9. The van der Waals surface area contributed by atoms with Crippen LogP contribution >= 0.6 is 23.1 Å². The van der Waals surface area contributed by atoms with E-state index in [0.29, 0.717) is 56.7 Å². The second-order valence-corrected chi connectivity index (χ2v) is 17.2. The molecule has 0 radical (unpaired) electrons. The number of hydrogen-bond donors (Lipinski definition) is 3. The summed E-state index contributed by atoms with van der Waals surface area (Å²) in [6.45, 7) is 7.81. The van der Waals surface area contributed by atoms with Crippen LogP contribution in [-0.2, 0) is 32.0 Å².